The SMILES string of the molecule is C[C@]12CC[C@@H]3[C@H](CCC4=CC(=O)CC[C@@]43O)[C@H]1C[C@H](O)C2. The van der Waals surface area contributed by atoms with E-state index in [-0.39, 0.29) is 17.3 Å². The summed E-state index contributed by atoms with van der Waals surface area (Å²) in [5, 5.41) is 21.4. The van der Waals surface area contributed by atoms with Crippen molar-refractivity contribution in [3.63, 3.8) is 0 Å². The Balaban J connectivity index is 1.68. The Labute approximate surface area is 126 Å². The highest BCUT2D eigenvalue weighted by molar-refractivity contribution is 5.92. The predicted molar refractivity (Wildman–Crippen MR) is 79.6 cm³/mol. The van der Waals surface area contributed by atoms with Crippen LogP contribution in [-0.4, -0.2) is 27.7 Å². The fraction of sp³-hybridized carbons (Fsp3) is 0.833. The molecule has 21 heavy (non-hydrogen) atoms. The zero-order valence-corrected chi connectivity index (χ0v) is 12.8. The molecule has 0 bridgehead atoms. The maximum Gasteiger partial charge on any atom is 0.155 e. The Bertz CT molecular complexity index is 511. The van der Waals surface area contributed by atoms with E-state index in [1.165, 1.54) is 0 Å². The Morgan fingerprint density at radius 2 is 2.00 bits per heavy atom. The monoisotopic (exact) mass is 290 g/mol. The standard InChI is InChI=1S/C18H26O3/c1-17-6-5-15-14(16(17)9-13(20)10-17)3-2-11-8-12(19)4-7-18(11,15)21/h8,13-16,20-21H,2-7,9-10H2,1H3/t13-,14-,15+,16+,17+,18+/m0/s1. The number of aliphatic hydroxyl groups excluding tert-OH is 1. The molecule has 0 heterocycles. The first kappa shape index (κ1) is 14.0. The second-order valence-electron chi connectivity index (χ2n) is 8.26. The highest BCUT2D eigenvalue weighted by atomic mass is 16.3. The van der Waals surface area contributed by atoms with Crippen LogP contribution in [0.5, 0.6) is 0 Å². The number of rotatable bonds is 0. The molecule has 4 aliphatic rings. The van der Waals surface area contributed by atoms with Crippen LogP contribution in [0.15, 0.2) is 11.6 Å². The van der Waals surface area contributed by atoms with Crippen molar-refractivity contribution in [1.82, 2.24) is 0 Å². The van der Waals surface area contributed by atoms with E-state index >= 15 is 0 Å². The molecule has 2 N–H and O–H groups in total. The second kappa shape index (κ2) is 4.42. The van der Waals surface area contributed by atoms with Crippen molar-refractivity contribution < 1.29 is 15.0 Å². The van der Waals surface area contributed by atoms with Crippen LogP contribution < -0.4 is 0 Å². The number of carbonyl (C=O) groups is 1. The summed E-state index contributed by atoms with van der Waals surface area (Å²) in [6, 6.07) is 0. The van der Waals surface area contributed by atoms with Gasteiger partial charge >= 0.3 is 0 Å². The molecular formula is C18H26O3. The molecule has 3 saturated carbocycles. The molecule has 0 aromatic heterocycles. The van der Waals surface area contributed by atoms with Crippen molar-refractivity contribution in [1.29, 1.82) is 0 Å². The molecule has 0 aromatic carbocycles. The molecule has 0 saturated heterocycles. The van der Waals surface area contributed by atoms with E-state index in [4.69, 9.17) is 0 Å². The van der Waals surface area contributed by atoms with Gasteiger partial charge < -0.3 is 10.2 Å². The number of aliphatic hydroxyl groups is 2. The lowest BCUT2D eigenvalue weighted by molar-refractivity contribution is -0.124. The first-order valence-electron chi connectivity index (χ1n) is 8.57. The minimum atomic E-state index is -0.730. The average molecular weight is 290 g/mol. The molecule has 0 radical (unpaired) electrons. The molecule has 4 rings (SSSR count). The van der Waals surface area contributed by atoms with Gasteiger partial charge in [-0.15, -0.1) is 0 Å². The van der Waals surface area contributed by atoms with Gasteiger partial charge in [0.25, 0.3) is 0 Å². The van der Waals surface area contributed by atoms with Crippen molar-refractivity contribution in [2.24, 2.45) is 23.2 Å². The van der Waals surface area contributed by atoms with Gasteiger partial charge in [0.15, 0.2) is 5.78 Å². The highest BCUT2D eigenvalue weighted by Gasteiger charge is 2.58. The van der Waals surface area contributed by atoms with Crippen LogP contribution in [0.2, 0.25) is 0 Å². The van der Waals surface area contributed by atoms with Crippen molar-refractivity contribution >= 4 is 5.78 Å². The Morgan fingerprint density at radius 3 is 2.81 bits per heavy atom. The van der Waals surface area contributed by atoms with E-state index in [1.807, 2.05) is 0 Å². The Hall–Kier alpha value is -0.670. The van der Waals surface area contributed by atoms with Crippen LogP contribution in [0.3, 0.4) is 0 Å². The molecule has 4 aliphatic carbocycles. The quantitative estimate of drug-likeness (QED) is 0.721. The molecule has 116 valence electrons. The summed E-state index contributed by atoms with van der Waals surface area (Å²) in [4.78, 5) is 11.7. The first-order chi connectivity index (χ1) is 9.92. The summed E-state index contributed by atoms with van der Waals surface area (Å²) >= 11 is 0. The van der Waals surface area contributed by atoms with E-state index in [1.54, 1.807) is 6.08 Å². The summed E-state index contributed by atoms with van der Waals surface area (Å²) in [5.41, 5.74) is 0.538. The molecule has 6 atom stereocenters. The zero-order valence-electron chi connectivity index (χ0n) is 12.8. The number of hydrogen-bond donors (Lipinski definition) is 2. The van der Waals surface area contributed by atoms with Crippen molar-refractivity contribution in [2.75, 3.05) is 0 Å². The first-order valence-corrected chi connectivity index (χ1v) is 8.57. The second-order valence-corrected chi connectivity index (χ2v) is 8.26. The maximum absolute atomic E-state index is 11.7. The summed E-state index contributed by atoms with van der Waals surface area (Å²) in [6.45, 7) is 2.34. The predicted octanol–water partition coefficient (Wildman–Crippen LogP) is 2.60. The van der Waals surface area contributed by atoms with E-state index < -0.39 is 5.60 Å². The van der Waals surface area contributed by atoms with Crippen molar-refractivity contribution in [3.8, 4) is 0 Å². The molecular weight excluding hydrogens is 264 g/mol. The molecule has 0 unspecified atom stereocenters. The number of fused-ring (bicyclic) bond motifs is 5. The van der Waals surface area contributed by atoms with Gasteiger partial charge in [0.2, 0.25) is 0 Å². The highest BCUT2D eigenvalue weighted by Crippen LogP contribution is 2.62. The normalized spacial score (nSPS) is 52.7. The third-order valence-corrected chi connectivity index (χ3v) is 7.19. The summed E-state index contributed by atoms with van der Waals surface area (Å²) in [5.74, 6) is 1.56. The van der Waals surface area contributed by atoms with Gasteiger partial charge in [-0.1, -0.05) is 6.92 Å². The van der Waals surface area contributed by atoms with Gasteiger partial charge in [-0.3, -0.25) is 4.79 Å². The van der Waals surface area contributed by atoms with Gasteiger partial charge in [0.05, 0.1) is 11.7 Å². The lowest BCUT2D eigenvalue weighted by Gasteiger charge is -2.56. The van der Waals surface area contributed by atoms with Gasteiger partial charge in [0.1, 0.15) is 0 Å². The largest absolute Gasteiger partial charge is 0.393 e. The van der Waals surface area contributed by atoms with Crippen molar-refractivity contribution in [2.45, 2.75) is 70.0 Å². The summed E-state index contributed by atoms with van der Waals surface area (Å²) in [6.07, 6.45) is 8.64. The summed E-state index contributed by atoms with van der Waals surface area (Å²) in [7, 11) is 0. The molecule has 0 aliphatic heterocycles. The van der Waals surface area contributed by atoms with E-state index in [0.29, 0.717) is 30.6 Å². The number of ketones is 1. The van der Waals surface area contributed by atoms with Crippen LogP contribution >= 0.6 is 0 Å². The van der Waals surface area contributed by atoms with E-state index in [2.05, 4.69) is 6.92 Å². The molecule has 3 heteroatoms. The fourth-order valence-corrected chi connectivity index (χ4v) is 6.20. The zero-order chi connectivity index (χ0) is 14.8. The van der Waals surface area contributed by atoms with Crippen LogP contribution in [0.4, 0.5) is 0 Å². The summed E-state index contributed by atoms with van der Waals surface area (Å²) < 4.78 is 0. The minimum Gasteiger partial charge on any atom is -0.393 e. The van der Waals surface area contributed by atoms with E-state index in [9.17, 15) is 15.0 Å². The lowest BCUT2D eigenvalue weighted by Crippen LogP contribution is -2.54. The average Bonchev–Trinajstić information content (AvgIpc) is 2.74. The van der Waals surface area contributed by atoms with Crippen LogP contribution in [0.25, 0.3) is 0 Å². The van der Waals surface area contributed by atoms with Gasteiger partial charge in [-0.05, 0) is 79.8 Å². The number of hydrogen-bond acceptors (Lipinski definition) is 3. The van der Waals surface area contributed by atoms with Gasteiger partial charge in [-0.25, -0.2) is 0 Å². The molecule has 3 fully saturated rings. The maximum atomic E-state index is 11.7. The van der Waals surface area contributed by atoms with E-state index in [0.717, 1.165) is 44.1 Å². The minimum absolute atomic E-state index is 0.154. The number of carbonyl (C=O) groups excluding carboxylic acids is 1. The molecule has 0 spiro atoms. The van der Waals surface area contributed by atoms with Crippen LogP contribution in [0, 0.1) is 23.2 Å². The molecule has 0 aromatic rings. The molecule has 3 nitrogen and oxygen atoms in total. The van der Waals surface area contributed by atoms with Gasteiger partial charge in [-0.2, -0.15) is 0 Å². The van der Waals surface area contributed by atoms with Crippen LogP contribution in [-0.2, 0) is 4.79 Å². The Morgan fingerprint density at radius 1 is 1.19 bits per heavy atom. The Kier molecular flexibility index (Phi) is 2.94. The van der Waals surface area contributed by atoms with Gasteiger partial charge in [0, 0.05) is 6.42 Å². The smallest absolute Gasteiger partial charge is 0.155 e. The fourth-order valence-electron chi connectivity index (χ4n) is 6.20. The third-order valence-electron chi connectivity index (χ3n) is 7.19. The lowest BCUT2D eigenvalue weighted by atomic mass is 9.51. The van der Waals surface area contributed by atoms with Crippen molar-refractivity contribution in [3.05, 3.63) is 11.6 Å². The topological polar surface area (TPSA) is 57.5 Å². The third kappa shape index (κ3) is 1.90. The molecule has 0 amide bonds. The van der Waals surface area contributed by atoms with Crippen LogP contribution in [0.1, 0.15) is 58.3 Å².